The van der Waals surface area contributed by atoms with Crippen molar-refractivity contribution in [3.8, 4) is 0 Å². The average Bonchev–Trinajstić information content (AvgIpc) is 3.23. The summed E-state index contributed by atoms with van der Waals surface area (Å²) < 4.78 is 13.0. The van der Waals surface area contributed by atoms with Crippen LogP contribution in [-0.4, -0.2) is 73.3 Å². The van der Waals surface area contributed by atoms with E-state index in [1.165, 1.54) is 12.1 Å². The van der Waals surface area contributed by atoms with Crippen LogP contribution in [0.3, 0.4) is 0 Å². The molecule has 0 spiro atoms. The third kappa shape index (κ3) is 5.96. The summed E-state index contributed by atoms with van der Waals surface area (Å²) in [6.45, 7) is 4.38. The van der Waals surface area contributed by atoms with Gasteiger partial charge in [-0.1, -0.05) is 30.3 Å². The topological polar surface area (TPSA) is 73.0 Å². The Labute approximate surface area is 193 Å². The van der Waals surface area contributed by atoms with Gasteiger partial charge in [0.25, 0.3) is 0 Å². The van der Waals surface area contributed by atoms with Crippen LogP contribution in [0.4, 0.5) is 10.1 Å². The van der Waals surface area contributed by atoms with Gasteiger partial charge < -0.3 is 15.1 Å². The van der Waals surface area contributed by atoms with Crippen LogP contribution in [0.25, 0.3) is 0 Å². The maximum absolute atomic E-state index is 13.0. The second-order valence-corrected chi connectivity index (χ2v) is 8.56. The van der Waals surface area contributed by atoms with E-state index in [1.807, 2.05) is 35.2 Å². The molecule has 1 unspecified atom stereocenters. The molecule has 8 heteroatoms. The Bertz CT molecular complexity index is 975. The molecule has 0 aromatic heterocycles. The van der Waals surface area contributed by atoms with Gasteiger partial charge in [-0.05, 0) is 29.8 Å². The normalized spacial score (nSPS) is 19.1. The van der Waals surface area contributed by atoms with E-state index >= 15 is 0 Å². The number of carbonyl (C=O) groups excluding carboxylic acids is 3. The van der Waals surface area contributed by atoms with E-state index in [0.717, 1.165) is 24.3 Å². The molecule has 2 heterocycles. The number of rotatable bonds is 7. The van der Waals surface area contributed by atoms with E-state index in [1.54, 1.807) is 17.0 Å². The van der Waals surface area contributed by atoms with Crippen LogP contribution in [0.15, 0.2) is 54.6 Å². The average molecular weight is 453 g/mol. The molecule has 174 valence electrons. The van der Waals surface area contributed by atoms with Crippen LogP contribution in [0.1, 0.15) is 12.0 Å². The number of hydrogen-bond donors (Lipinski definition) is 1. The van der Waals surface area contributed by atoms with E-state index in [9.17, 15) is 18.8 Å². The predicted octanol–water partition coefficient (Wildman–Crippen LogP) is 1.68. The molecule has 0 bridgehead atoms. The number of anilines is 1. The van der Waals surface area contributed by atoms with Crippen molar-refractivity contribution in [2.45, 2.75) is 12.8 Å². The summed E-state index contributed by atoms with van der Waals surface area (Å²) in [7, 11) is 0. The summed E-state index contributed by atoms with van der Waals surface area (Å²) >= 11 is 0. The van der Waals surface area contributed by atoms with E-state index in [4.69, 9.17) is 0 Å². The molecule has 2 aliphatic rings. The first kappa shape index (κ1) is 22.9. The molecular formula is C25H29FN4O3. The van der Waals surface area contributed by atoms with E-state index in [2.05, 4.69) is 10.2 Å². The van der Waals surface area contributed by atoms with Gasteiger partial charge in [0.05, 0.1) is 12.3 Å². The van der Waals surface area contributed by atoms with Crippen molar-refractivity contribution < 1.29 is 18.8 Å². The lowest BCUT2D eigenvalue weighted by Gasteiger charge is -2.34. The second kappa shape index (κ2) is 10.6. The third-order valence-corrected chi connectivity index (χ3v) is 6.28. The number of benzene rings is 2. The number of halogens is 1. The first-order chi connectivity index (χ1) is 16.0. The Balaban J connectivity index is 1.15. The third-order valence-electron chi connectivity index (χ3n) is 6.28. The van der Waals surface area contributed by atoms with Crippen molar-refractivity contribution >= 4 is 23.4 Å². The van der Waals surface area contributed by atoms with Crippen molar-refractivity contribution in [3.05, 3.63) is 66.0 Å². The van der Waals surface area contributed by atoms with Crippen LogP contribution >= 0.6 is 0 Å². The van der Waals surface area contributed by atoms with Crippen LogP contribution in [0, 0.1) is 11.7 Å². The Morgan fingerprint density at radius 3 is 2.36 bits per heavy atom. The first-order valence-corrected chi connectivity index (χ1v) is 11.4. The SMILES string of the molecule is O=C(NCCN1CCN(C(=O)Cc2ccc(F)cc2)CC1)C1CC(=O)N(c2ccccc2)C1. The molecule has 2 saturated heterocycles. The number of nitrogens with zero attached hydrogens (tertiary/aromatic N) is 3. The van der Waals surface area contributed by atoms with Gasteiger partial charge in [-0.3, -0.25) is 19.3 Å². The lowest BCUT2D eigenvalue weighted by atomic mass is 10.1. The van der Waals surface area contributed by atoms with Crippen molar-refractivity contribution in [2.24, 2.45) is 5.92 Å². The van der Waals surface area contributed by atoms with E-state index in [-0.39, 0.29) is 42.3 Å². The standard InChI is InChI=1S/C25H29FN4O3/c26-21-8-6-19(7-9-21)16-23(31)29-14-12-28(13-15-29)11-10-27-25(33)20-17-24(32)30(18-20)22-4-2-1-3-5-22/h1-9,20H,10-18H2,(H,27,33). The highest BCUT2D eigenvalue weighted by molar-refractivity contribution is 6.00. The van der Waals surface area contributed by atoms with Crippen LogP contribution in [-0.2, 0) is 20.8 Å². The Morgan fingerprint density at radius 1 is 0.970 bits per heavy atom. The van der Waals surface area contributed by atoms with Crippen LogP contribution in [0.2, 0.25) is 0 Å². The van der Waals surface area contributed by atoms with Gasteiger partial charge in [-0.15, -0.1) is 0 Å². The van der Waals surface area contributed by atoms with Gasteiger partial charge in [0.1, 0.15) is 5.82 Å². The molecule has 4 rings (SSSR count). The summed E-state index contributed by atoms with van der Waals surface area (Å²) in [5.74, 6) is -0.709. The largest absolute Gasteiger partial charge is 0.355 e. The molecule has 3 amide bonds. The molecule has 0 saturated carbocycles. The highest BCUT2D eigenvalue weighted by Gasteiger charge is 2.35. The maximum Gasteiger partial charge on any atom is 0.227 e. The predicted molar refractivity (Wildman–Crippen MR) is 123 cm³/mol. The molecule has 1 atom stereocenters. The molecule has 2 aromatic rings. The Kier molecular flexibility index (Phi) is 7.34. The minimum Gasteiger partial charge on any atom is -0.355 e. The zero-order valence-electron chi connectivity index (χ0n) is 18.6. The number of carbonyl (C=O) groups is 3. The Morgan fingerprint density at radius 2 is 1.67 bits per heavy atom. The second-order valence-electron chi connectivity index (χ2n) is 8.56. The smallest absolute Gasteiger partial charge is 0.227 e. The van der Waals surface area contributed by atoms with Crippen molar-refractivity contribution in [2.75, 3.05) is 50.7 Å². The number of para-hydroxylation sites is 1. The van der Waals surface area contributed by atoms with Gasteiger partial charge in [-0.25, -0.2) is 4.39 Å². The number of nitrogens with one attached hydrogen (secondary N) is 1. The molecule has 33 heavy (non-hydrogen) atoms. The first-order valence-electron chi connectivity index (χ1n) is 11.4. The van der Waals surface area contributed by atoms with Gasteiger partial charge in [0, 0.05) is 57.9 Å². The van der Waals surface area contributed by atoms with E-state index in [0.29, 0.717) is 32.7 Å². The highest BCUT2D eigenvalue weighted by Crippen LogP contribution is 2.24. The number of amides is 3. The minimum atomic E-state index is -0.335. The molecule has 7 nitrogen and oxygen atoms in total. The zero-order chi connectivity index (χ0) is 23.2. The van der Waals surface area contributed by atoms with Gasteiger partial charge in [-0.2, -0.15) is 0 Å². The van der Waals surface area contributed by atoms with Gasteiger partial charge in [0.2, 0.25) is 17.7 Å². The lowest BCUT2D eigenvalue weighted by molar-refractivity contribution is -0.132. The van der Waals surface area contributed by atoms with Crippen molar-refractivity contribution in [3.63, 3.8) is 0 Å². The lowest BCUT2D eigenvalue weighted by Crippen LogP contribution is -2.50. The highest BCUT2D eigenvalue weighted by atomic mass is 19.1. The van der Waals surface area contributed by atoms with Crippen LogP contribution in [0.5, 0.6) is 0 Å². The monoisotopic (exact) mass is 452 g/mol. The fourth-order valence-electron chi connectivity index (χ4n) is 4.33. The quantitative estimate of drug-likeness (QED) is 0.694. The zero-order valence-corrected chi connectivity index (χ0v) is 18.6. The molecule has 1 N–H and O–H groups in total. The summed E-state index contributed by atoms with van der Waals surface area (Å²) in [6.07, 6.45) is 0.506. The molecular weight excluding hydrogens is 423 g/mol. The summed E-state index contributed by atoms with van der Waals surface area (Å²) in [6, 6.07) is 15.4. The van der Waals surface area contributed by atoms with Crippen molar-refractivity contribution in [1.29, 1.82) is 0 Å². The summed E-state index contributed by atoms with van der Waals surface area (Å²) in [5.41, 5.74) is 1.63. The molecule has 2 aromatic carbocycles. The van der Waals surface area contributed by atoms with Gasteiger partial charge in [0.15, 0.2) is 0 Å². The molecule has 2 fully saturated rings. The summed E-state index contributed by atoms with van der Waals surface area (Å²) in [4.78, 5) is 43.1. The molecule has 0 radical (unpaired) electrons. The maximum atomic E-state index is 13.0. The fraction of sp³-hybridized carbons (Fsp3) is 0.400. The minimum absolute atomic E-state index is 0.0252. The van der Waals surface area contributed by atoms with Crippen molar-refractivity contribution in [1.82, 2.24) is 15.1 Å². The molecule has 0 aliphatic carbocycles. The van der Waals surface area contributed by atoms with Crippen LogP contribution < -0.4 is 10.2 Å². The Hall–Kier alpha value is -3.26. The summed E-state index contributed by atoms with van der Waals surface area (Å²) in [5, 5.41) is 2.96. The fourth-order valence-corrected chi connectivity index (χ4v) is 4.33. The molecule has 2 aliphatic heterocycles. The van der Waals surface area contributed by atoms with E-state index < -0.39 is 0 Å². The number of piperazine rings is 1. The van der Waals surface area contributed by atoms with Gasteiger partial charge >= 0.3 is 0 Å². The number of hydrogen-bond acceptors (Lipinski definition) is 4.